The Morgan fingerprint density at radius 3 is 2.57 bits per heavy atom. The normalized spacial score (nSPS) is 16.0. The summed E-state index contributed by atoms with van der Waals surface area (Å²) in [5.74, 6) is -0.666. The van der Waals surface area contributed by atoms with Crippen LogP contribution >= 0.6 is 11.6 Å². The number of rotatable bonds is 4. The first-order chi connectivity index (χ1) is 9.97. The van der Waals surface area contributed by atoms with E-state index in [1.165, 1.54) is 12.1 Å². The van der Waals surface area contributed by atoms with Crippen molar-refractivity contribution in [3.8, 4) is 0 Å². The average molecular weight is 313 g/mol. The maximum absolute atomic E-state index is 13.7. The second-order valence-corrected chi connectivity index (χ2v) is 5.78. The van der Waals surface area contributed by atoms with E-state index in [-0.39, 0.29) is 34.7 Å². The molecule has 1 aliphatic heterocycles. The maximum Gasteiger partial charge on any atom is 0.227 e. The summed E-state index contributed by atoms with van der Waals surface area (Å²) < 4.78 is 13.7. The van der Waals surface area contributed by atoms with Crippen LogP contribution in [0.4, 0.5) is 4.39 Å². The molecule has 1 saturated heterocycles. The number of primary amides is 1. The number of hydrogen-bond acceptors (Lipinski definition) is 2. The van der Waals surface area contributed by atoms with Gasteiger partial charge in [-0.1, -0.05) is 17.7 Å². The highest BCUT2D eigenvalue weighted by Crippen LogP contribution is 2.23. The minimum atomic E-state index is -0.459. The van der Waals surface area contributed by atoms with E-state index in [4.69, 9.17) is 17.3 Å². The second kappa shape index (κ2) is 6.89. The van der Waals surface area contributed by atoms with Gasteiger partial charge >= 0.3 is 0 Å². The molecule has 2 rings (SSSR count). The minimum Gasteiger partial charge on any atom is -0.370 e. The van der Waals surface area contributed by atoms with Gasteiger partial charge in [-0.3, -0.25) is 9.59 Å². The Balaban J connectivity index is 1.92. The fourth-order valence-electron chi connectivity index (χ4n) is 2.64. The Bertz CT molecular complexity index is 522. The van der Waals surface area contributed by atoms with Gasteiger partial charge < -0.3 is 10.6 Å². The third kappa shape index (κ3) is 4.17. The smallest absolute Gasteiger partial charge is 0.227 e. The van der Waals surface area contributed by atoms with Crippen LogP contribution in [-0.4, -0.2) is 29.8 Å². The van der Waals surface area contributed by atoms with Crippen LogP contribution in [0.3, 0.4) is 0 Å². The zero-order valence-corrected chi connectivity index (χ0v) is 12.4. The summed E-state index contributed by atoms with van der Waals surface area (Å²) in [5.41, 5.74) is 5.42. The largest absolute Gasteiger partial charge is 0.370 e. The molecule has 114 valence electrons. The van der Waals surface area contributed by atoms with E-state index >= 15 is 0 Å². The lowest BCUT2D eigenvalue weighted by Gasteiger charge is -2.31. The van der Waals surface area contributed by atoms with Crippen molar-refractivity contribution in [1.29, 1.82) is 0 Å². The number of likely N-dealkylation sites (tertiary alicyclic amines) is 1. The molecule has 0 aliphatic carbocycles. The SMILES string of the molecule is NC(=O)CC1CCN(C(=O)Cc2c(F)cccc2Cl)CC1. The van der Waals surface area contributed by atoms with Crippen LogP contribution in [0.5, 0.6) is 0 Å². The molecule has 0 unspecified atom stereocenters. The number of carbonyl (C=O) groups is 2. The zero-order chi connectivity index (χ0) is 15.4. The number of benzene rings is 1. The molecule has 2 N–H and O–H groups in total. The van der Waals surface area contributed by atoms with Gasteiger partial charge in [0.05, 0.1) is 6.42 Å². The highest BCUT2D eigenvalue weighted by molar-refractivity contribution is 6.31. The van der Waals surface area contributed by atoms with Crippen LogP contribution in [0.25, 0.3) is 0 Å². The van der Waals surface area contributed by atoms with Gasteiger partial charge in [0, 0.05) is 30.1 Å². The van der Waals surface area contributed by atoms with Gasteiger partial charge in [-0.05, 0) is 30.9 Å². The lowest BCUT2D eigenvalue weighted by molar-refractivity contribution is -0.132. The van der Waals surface area contributed by atoms with Crippen molar-refractivity contribution in [3.05, 3.63) is 34.6 Å². The Labute approximate surface area is 128 Å². The van der Waals surface area contributed by atoms with Crippen LogP contribution in [0.1, 0.15) is 24.8 Å². The molecule has 0 bridgehead atoms. The number of halogens is 2. The lowest BCUT2D eigenvalue weighted by atomic mass is 9.93. The molecule has 0 spiro atoms. The number of hydrogen-bond donors (Lipinski definition) is 1. The Hall–Kier alpha value is -1.62. The van der Waals surface area contributed by atoms with Crippen molar-refractivity contribution in [2.75, 3.05) is 13.1 Å². The van der Waals surface area contributed by atoms with E-state index < -0.39 is 5.82 Å². The van der Waals surface area contributed by atoms with E-state index in [9.17, 15) is 14.0 Å². The molecule has 0 saturated carbocycles. The van der Waals surface area contributed by atoms with E-state index in [0.29, 0.717) is 19.5 Å². The lowest BCUT2D eigenvalue weighted by Crippen LogP contribution is -2.40. The summed E-state index contributed by atoms with van der Waals surface area (Å²) in [7, 11) is 0. The molecule has 0 radical (unpaired) electrons. The quantitative estimate of drug-likeness (QED) is 0.925. The van der Waals surface area contributed by atoms with Gasteiger partial charge in [-0.15, -0.1) is 0 Å². The van der Waals surface area contributed by atoms with E-state index in [1.807, 2.05) is 0 Å². The highest BCUT2D eigenvalue weighted by atomic mass is 35.5. The van der Waals surface area contributed by atoms with Gasteiger partial charge in [-0.2, -0.15) is 0 Å². The zero-order valence-electron chi connectivity index (χ0n) is 11.6. The molecular weight excluding hydrogens is 295 g/mol. The summed E-state index contributed by atoms with van der Waals surface area (Å²) in [6, 6.07) is 4.39. The summed E-state index contributed by atoms with van der Waals surface area (Å²) in [4.78, 5) is 24.8. The molecule has 21 heavy (non-hydrogen) atoms. The van der Waals surface area contributed by atoms with Crippen LogP contribution < -0.4 is 5.73 Å². The first-order valence-corrected chi connectivity index (χ1v) is 7.34. The molecule has 1 fully saturated rings. The molecular formula is C15H18ClFN2O2. The number of carbonyl (C=O) groups excluding carboxylic acids is 2. The number of piperidine rings is 1. The first-order valence-electron chi connectivity index (χ1n) is 6.96. The van der Waals surface area contributed by atoms with Crippen molar-refractivity contribution >= 4 is 23.4 Å². The van der Waals surface area contributed by atoms with Crippen molar-refractivity contribution < 1.29 is 14.0 Å². The number of nitrogens with zero attached hydrogens (tertiary/aromatic N) is 1. The van der Waals surface area contributed by atoms with Crippen LogP contribution in [-0.2, 0) is 16.0 Å². The Kier molecular flexibility index (Phi) is 5.17. The Morgan fingerprint density at radius 1 is 1.33 bits per heavy atom. The predicted molar refractivity (Wildman–Crippen MR) is 78.2 cm³/mol. The molecule has 0 atom stereocenters. The molecule has 0 aromatic heterocycles. The fraction of sp³-hybridized carbons (Fsp3) is 0.467. The molecule has 2 amide bonds. The van der Waals surface area contributed by atoms with Crippen molar-refractivity contribution in [3.63, 3.8) is 0 Å². The predicted octanol–water partition coefficient (Wildman–Crippen LogP) is 2.14. The molecule has 6 heteroatoms. The molecule has 4 nitrogen and oxygen atoms in total. The van der Waals surface area contributed by atoms with Crippen molar-refractivity contribution in [2.24, 2.45) is 11.7 Å². The summed E-state index contributed by atoms with van der Waals surface area (Å²) in [6.45, 7) is 1.14. The van der Waals surface area contributed by atoms with Crippen LogP contribution in [0.15, 0.2) is 18.2 Å². The van der Waals surface area contributed by atoms with Gasteiger partial charge in [0.1, 0.15) is 5.82 Å². The molecule has 1 heterocycles. The van der Waals surface area contributed by atoms with Crippen LogP contribution in [0.2, 0.25) is 5.02 Å². The Morgan fingerprint density at radius 2 is 2.00 bits per heavy atom. The second-order valence-electron chi connectivity index (χ2n) is 5.37. The third-order valence-electron chi connectivity index (χ3n) is 3.85. The van der Waals surface area contributed by atoms with E-state index in [0.717, 1.165) is 12.8 Å². The fourth-order valence-corrected chi connectivity index (χ4v) is 2.87. The summed E-state index contributed by atoms with van der Waals surface area (Å²) >= 11 is 5.93. The molecule has 1 aliphatic rings. The number of amides is 2. The molecule has 1 aromatic rings. The molecule has 1 aromatic carbocycles. The van der Waals surface area contributed by atoms with Crippen molar-refractivity contribution in [1.82, 2.24) is 4.90 Å². The number of nitrogens with two attached hydrogens (primary N) is 1. The van der Waals surface area contributed by atoms with Gasteiger partial charge in [0.2, 0.25) is 11.8 Å². The summed E-state index contributed by atoms with van der Waals surface area (Å²) in [5, 5.41) is 0.270. The standard InChI is InChI=1S/C15H18ClFN2O2/c16-12-2-1-3-13(17)11(12)9-15(21)19-6-4-10(5-7-19)8-14(18)20/h1-3,10H,4-9H2,(H2,18,20). The van der Waals surface area contributed by atoms with Crippen molar-refractivity contribution in [2.45, 2.75) is 25.7 Å². The van der Waals surface area contributed by atoms with E-state index in [2.05, 4.69) is 0 Å². The average Bonchev–Trinajstić information content (AvgIpc) is 2.43. The minimum absolute atomic E-state index is 0.0357. The van der Waals surface area contributed by atoms with Gasteiger partial charge in [-0.25, -0.2) is 4.39 Å². The first kappa shape index (κ1) is 15.8. The van der Waals surface area contributed by atoms with E-state index in [1.54, 1.807) is 11.0 Å². The van der Waals surface area contributed by atoms with Gasteiger partial charge in [0.15, 0.2) is 0 Å². The topological polar surface area (TPSA) is 63.4 Å². The van der Waals surface area contributed by atoms with Crippen LogP contribution in [0, 0.1) is 11.7 Å². The summed E-state index contributed by atoms with van der Waals surface area (Å²) in [6.07, 6.45) is 1.83. The third-order valence-corrected chi connectivity index (χ3v) is 4.20. The maximum atomic E-state index is 13.7. The van der Waals surface area contributed by atoms with Gasteiger partial charge in [0.25, 0.3) is 0 Å². The highest BCUT2D eigenvalue weighted by Gasteiger charge is 2.24. The monoisotopic (exact) mass is 312 g/mol.